The summed E-state index contributed by atoms with van der Waals surface area (Å²) in [6.07, 6.45) is 21.0. The van der Waals surface area contributed by atoms with E-state index in [4.69, 9.17) is 14.2 Å². The van der Waals surface area contributed by atoms with Crippen molar-refractivity contribution in [3.63, 3.8) is 0 Å². The Bertz CT molecular complexity index is 666. The zero-order valence-corrected chi connectivity index (χ0v) is 22.2. The van der Waals surface area contributed by atoms with Crippen LogP contribution in [-0.4, -0.2) is 33.0 Å². The van der Waals surface area contributed by atoms with Crippen molar-refractivity contribution in [3.8, 4) is 0 Å². The Morgan fingerprint density at radius 1 is 0.938 bits per heavy atom. The van der Waals surface area contributed by atoms with Crippen LogP contribution in [-0.2, 0) is 9.16 Å². The first-order valence-corrected chi connectivity index (χ1v) is 16.5. The molecular weight excluding hydrogens is 410 g/mol. The van der Waals surface area contributed by atoms with Gasteiger partial charge in [-0.15, -0.1) is 0 Å². The van der Waals surface area contributed by atoms with Gasteiger partial charge in [-0.1, -0.05) is 101 Å². The minimum absolute atomic E-state index is 0.00980. The van der Waals surface area contributed by atoms with Crippen LogP contribution in [0.15, 0.2) is 47.5 Å². The molecule has 0 aliphatic carbocycles. The van der Waals surface area contributed by atoms with Crippen molar-refractivity contribution in [2.45, 2.75) is 116 Å². The molecule has 0 saturated heterocycles. The first-order valence-electron chi connectivity index (χ1n) is 13.1. The molecule has 1 heterocycles. The van der Waals surface area contributed by atoms with Gasteiger partial charge >= 0.3 is 0 Å². The molecule has 32 heavy (non-hydrogen) atoms. The molecule has 1 aromatic carbocycles. The fraction of sp³-hybridized carbons (Fsp3) is 0.679. The Kier molecular flexibility index (Phi) is 13.0. The van der Waals surface area contributed by atoms with Crippen LogP contribution in [0.1, 0.15) is 89.5 Å². The van der Waals surface area contributed by atoms with Crippen molar-refractivity contribution in [2.75, 3.05) is 6.61 Å². The largest absolute Gasteiger partial charge is 0.475 e. The van der Waals surface area contributed by atoms with Gasteiger partial charge in [0.2, 0.25) is 5.90 Å². The smallest absolute Gasteiger partial charge is 0.216 e. The molecule has 0 unspecified atom stereocenters. The van der Waals surface area contributed by atoms with Gasteiger partial charge in [-0.2, -0.15) is 0 Å². The highest BCUT2D eigenvalue weighted by Crippen LogP contribution is 2.21. The summed E-state index contributed by atoms with van der Waals surface area (Å²) in [6.45, 7) is 9.62. The lowest BCUT2D eigenvalue weighted by atomic mass is 10.0. The minimum atomic E-state index is -1.67. The second-order valence-electron chi connectivity index (χ2n) is 10.1. The zero-order chi connectivity index (χ0) is 23.1. The lowest BCUT2D eigenvalue weighted by molar-refractivity contribution is 0.183. The van der Waals surface area contributed by atoms with E-state index in [1.807, 2.05) is 18.2 Å². The SMILES string of the molecule is CCCCCCCCCCCCC/C=C/[C@H](O[Si](C)(C)C)[C@@H]1COC(c2ccccc2)=N1. The van der Waals surface area contributed by atoms with E-state index in [-0.39, 0.29) is 12.1 Å². The summed E-state index contributed by atoms with van der Waals surface area (Å²) in [7, 11) is -1.67. The second kappa shape index (κ2) is 15.4. The molecule has 1 aliphatic heterocycles. The lowest BCUT2D eigenvalue weighted by Crippen LogP contribution is -2.37. The molecule has 0 aromatic heterocycles. The third-order valence-electron chi connectivity index (χ3n) is 5.86. The topological polar surface area (TPSA) is 30.8 Å². The van der Waals surface area contributed by atoms with Gasteiger partial charge in [0.25, 0.3) is 0 Å². The van der Waals surface area contributed by atoms with Gasteiger partial charge in [-0.3, -0.25) is 0 Å². The normalized spacial score (nSPS) is 17.5. The van der Waals surface area contributed by atoms with E-state index in [1.54, 1.807) is 0 Å². The summed E-state index contributed by atoms with van der Waals surface area (Å²) in [5.74, 6) is 0.749. The molecule has 1 aromatic rings. The first-order chi connectivity index (χ1) is 15.5. The average Bonchev–Trinajstić information content (AvgIpc) is 3.26. The van der Waals surface area contributed by atoms with E-state index in [0.717, 1.165) is 17.9 Å². The van der Waals surface area contributed by atoms with Crippen molar-refractivity contribution in [1.82, 2.24) is 0 Å². The van der Waals surface area contributed by atoms with Gasteiger partial charge in [0, 0.05) is 5.56 Å². The monoisotopic (exact) mass is 457 g/mol. The number of rotatable bonds is 17. The molecule has 1 aliphatic rings. The van der Waals surface area contributed by atoms with Gasteiger partial charge < -0.3 is 9.16 Å². The molecule has 0 radical (unpaired) electrons. The highest BCUT2D eigenvalue weighted by molar-refractivity contribution is 6.69. The third-order valence-corrected chi connectivity index (χ3v) is 6.84. The summed E-state index contributed by atoms with van der Waals surface area (Å²) < 4.78 is 12.4. The van der Waals surface area contributed by atoms with Crippen LogP contribution in [0.2, 0.25) is 19.6 Å². The van der Waals surface area contributed by atoms with Crippen LogP contribution in [0, 0.1) is 0 Å². The maximum absolute atomic E-state index is 6.48. The summed E-state index contributed by atoms with van der Waals surface area (Å²) in [5.41, 5.74) is 1.05. The molecule has 0 spiro atoms. The Labute approximate surface area is 198 Å². The minimum Gasteiger partial charge on any atom is -0.475 e. The van der Waals surface area contributed by atoms with E-state index in [9.17, 15) is 0 Å². The molecule has 0 bridgehead atoms. The fourth-order valence-corrected chi connectivity index (χ4v) is 5.16. The van der Waals surface area contributed by atoms with Gasteiger partial charge in [0.15, 0.2) is 8.32 Å². The van der Waals surface area contributed by atoms with Crippen LogP contribution < -0.4 is 0 Å². The van der Waals surface area contributed by atoms with E-state index in [2.05, 4.69) is 50.8 Å². The Morgan fingerprint density at radius 3 is 2.12 bits per heavy atom. The number of hydrogen-bond donors (Lipinski definition) is 0. The molecule has 4 heteroatoms. The molecular formula is C28H47NO2Si. The second-order valence-corrected chi connectivity index (χ2v) is 14.6. The first kappa shape index (κ1) is 26.9. The highest BCUT2D eigenvalue weighted by Gasteiger charge is 2.30. The number of hydrogen-bond acceptors (Lipinski definition) is 3. The van der Waals surface area contributed by atoms with Crippen molar-refractivity contribution in [1.29, 1.82) is 0 Å². The van der Waals surface area contributed by atoms with Crippen LogP contribution in [0.5, 0.6) is 0 Å². The van der Waals surface area contributed by atoms with Crippen LogP contribution in [0.3, 0.4) is 0 Å². The van der Waals surface area contributed by atoms with Crippen LogP contribution in [0.25, 0.3) is 0 Å². The molecule has 3 nitrogen and oxygen atoms in total. The fourth-order valence-electron chi connectivity index (χ4n) is 4.11. The van der Waals surface area contributed by atoms with Crippen LogP contribution >= 0.6 is 0 Å². The number of benzene rings is 1. The predicted octanol–water partition coefficient (Wildman–Crippen LogP) is 8.31. The highest BCUT2D eigenvalue weighted by atomic mass is 28.4. The Balaban J connectivity index is 1.68. The molecule has 2 atom stereocenters. The number of nitrogens with zero attached hydrogens (tertiary/aromatic N) is 1. The molecule has 0 amide bonds. The van der Waals surface area contributed by atoms with Crippen molar-refractivity contribution in [2.24, 2.45) is 4.99 Å². The maximum atomic E-state index is 6.48. The number of unbranched alkanes of at least 4 members (excludes halogenated alkanes) is 11. The van der Waals surface area contributed by atoms with Gasteiger partial charge in [0.1, 0.15) is 12.6 Å². The van der Waals surface area contributed by atoms with Crippen molar-refractivity contribution < 1.29 is 9.16 Å². The number of allylic oxidation sites excluding steroid dienone is 1. The van der Waals surface area contributed by atoms with E-state index in [0.29, 0.717) is 6.61 Å². The van der Waals surface area contributed by atoms with Crippen LogP contribution in [0.4, 0.5) is 0 Å². The quantitative estimate of drug-likeness (QED) is 0.134. The Morgan fingerprint density at radius 2 is 1.53 bits per heavy atom. The number of aliphatic imine (C=N–C) groups is 1. The van der Waals surface area contributed by atoms with E-state index < -0.39 is 8.32 Å². The number of ether oxygens (including phenoxy) is 1. The molecule has 0 saturated carbocycles. The summed E-state index contributed by atoms with van der Waals surface area (Å²) in [4.78, 5) is 4.86. The summed E-state index contributed by atoms with van der Waals surface area (Å²) in [6, 6.07) is 10.2. The van der Waals surface area contributed by atoms with Crippen molar-refractivity contribution >= 4 is 14.2 Å². The average molecular weight is 458 g/mol. The predicted molar refractivity (Wildman–Crippen MR) is 141 cm³/mol. The standard InChI is InChI=1S/C28H47NO2Si/c1-5-6-7-8-9-10-11-12-13-14-15-16-20-23-27(31-32(2,3)4)26-24-30-28(29-26)25-21-18-17-19-22-25/h17-23,26-27H,5-16,24H2,1-4H3/b23-20+/t26-,27-/m0/s1. The Hall–Kier alpha value is -1.39. The summed E-state index contributed by atoms with van der Waals surface area (Å²) >= 11 is 0. The maximum Gasteiger partial charge on any atom is 0.216 e. The summed E-state index contributed by atoms with van der Waals surface area (Å²) in [5, 5.41) is 0. The zero-order valence-electron chi connectivity index (χ0n) is 21.2. The van der Waals surface area contributed by atoms with Gasteiger partial charge in [-0.25, -0.2) is 4.99 Å². The van der Waals surface area contributed by atoms with Crippen molar-refractivity contribution in [3.05, 3.63) is 48.0 Å². The molecule has 0 fully saturated rings. The molecule has 2 rings (SSSR count). The van der Waals surface area contributed by atoms with Gasteiger partial charge in [0.05, 0.1) is 6.10 Å². The molecule has 180 valence electrons. The van der Waals surface area contributed by atoms with Gasteiger partial charge in [-0.05, 0) is 44.6 Å². The lowest BCUT2D eigenvalue weighted by Gasteiger charge is -2.26. The van der Waals surface area contributed by atoms with E-state index in [1.165, 1.54) is 70.6 Å². The van der Waals surface area contributed by atoms with E-state index >= 15 is 0 Å². The molecule has 0 N–H and O–H groups in total. The third kappa shape index (κ3) is 11.5.